The zero-order valence-corrected chi connectivity index (χ0v) is 24.3. The van der Waals surface area contributed by atoms with Crippen LogP contribution in [0.15, 0.2) is 79.0 Å². The lowest BCUT2D eigenvalue weighted by atomic mass is 9.83. The van der Waals surface area contributed by atoms with Crippen LogP contribution in [0.3, 0.4) is 0 Å². The Kier molecular flexibility index (Phi) is 7.96. The van der Waals surface area contributed by atoms with Gasteiger partial charge in [0.15, 0.2) is 5.60 Å². The van der Waals surface area contributed by atoms with Crippen molar-refractivity contribution < 1.29 is 24.2 Å². The average Bonchev–Trinajstić information content (AvgIpc) is 3.68. The Morgan fingerprint density at radius 1 is 1.14 bits per heavy atom. The van der Waals surface area contributed by atoms with E-state index in [1.807, 2.05) is 54.7 Å². The van der Waals surface area contributed by atoms with Crippen LogP contribution in [0.4, 0.5) is 11.4 Å². The first kappa shape index (κ1) is 28.6. The van der Waals surface area contributed by atoms with Crippen molar-refractivity contribution in [3.63, 3.8) is 0 Å². The molecule has 3 atom stereocenters. The summed E-state index contributed by atoms with van der Waals surface area (Å²) in [6.45, 7) is 3.07. The van der Waals surface area contributed by atoms with Gasteiger partial charge in [0.05, 0.1) is 31.1 Å². The minimum Gasteiger partial charge on any atom is -0.497 e. The third-order valence-electron chi connectivity index (χ3n) is 8.33. The van der Waals surface area contributed by atoms with Crippen LogP contribution in [-0.4, -0.2) is 51.7 Å². The van der Waals surface area contributed by atoms with Crippen LogP contribution >= 0.6 is 0 Å². The Balaban J connectivity index is 1.17. The third-order valence-corrected chi connectivity index (χ3v) is 8.33. The van der Waals surface area contributed by atoms with Crippen molar-refractivity contribution in [3.8, 4) is 5.75 Å². The number of anilines is 2. The predicted octanol–water partition coefficient (Wildman–Crippen LogP) is 4.33. The third kappa shape index (κ3) is 5.51. The van der Waals surface area contributed by atoms with Gasteiger partial charge in [0.25, 0.3) is 11.8 Å². The first-order valence-corrected chi connectivity index (χ1v) is 14.5. The van der Waals surface area contributed by atoms with E-state index in [0.717, 1.165) is 28.9 Å². The fourth-order valence-corrected chi connectivity index (χ4v) is 6.19. The maximum Gasteiger partial charge on any atom is 0.264 e. The van der Waals surface area contributed by atoms with Gasteiger partial charge in [0.1, 0.15) is 5.75 Å². The topological polar surface area (TPSA) is 119 Å². The number of fused-ring (bicyclic) bond motifs is 2. The number of nitrogens with zero attached hydrogens (tertiary/aromatic N) is 4. The first-order chi connectivity index (χ1) is 20.9. The van der Waals surface area contributed by atoms with Gasteiger partial charge in [-0.2, -0.15) is 0 Å². The number of carbonyl (C=O) groups excluding carboxylic acids is 2. The zero-order chi connectivity index (χ0) is 30.0. The van der Waals surface area contributed by atoms with E-state index in [1.54, 1.807) is 41.0 Å². The Morgan fingerprint density at radius 2 is 1.95 bits per heavy atom. The van der Waals surface area contributed by atoms with Crippen LogP contribution < -0.4 is 15.0 Å². The summed E-state index contributed by atoms with van der Waals surface area (Å²) in [5, 5.41) is 20.4. The Hall–Kier alpha value is -4.54. The molecular formula is C33H35N5O5. The Morgan fingerprint density at radius 3 is 2.74 bits per heavy atom. The van der Waals surface area contributed by atoms with Crippen LogP contribution in [0.25, 0.3) is 0 Å². The molecule has 2 amide bonds. The predicted molar refractivity (Wildman–Crippen MR) is 161 cm³/mol. The SMILES string of the molecule is COc1ccc(C(=O)Nc2cccc(CN3C(=O)[C@]4(O[C@H](CCn5cc(CCO)nn5)C[C@@H]4C)c4ccccc43)c2)cc1. The highest BCUT2D eigenvalue weighted by Gasteiger charge is 2.59. The quantitative estimate of drug-likeness (QED) is 0.286. The number of aliphatic hydroxyl groups excluding tert-OH is 1. The molecule has 6 rings (SSSR count). The van der Waals surface area contributed by atoms with Crippen LogP contribution in [0.2, 0.25) is 0 Å². The molecule has 1 fully saturated rings. The summed E-state index contributed by atoms with van der Waals surface area (Å²) in [6.07, 6.45) is 3.64. The molecule has 0 aliphatic carbocycles. The van der Waals surface area contributed by atoms with Crippen molar-refractivity contribution in [2.45, 2.75) is 51.0 Å². The molecule has 222 valence electrons. The lowest BCUT2D eigenvalue weighted by molar-refractivity contribution is -0.146. The van der Waals surface area contributed by atoms with E-state index in [-0.39, 0.29) is 30.4 Å². The highest BCUT2D eigenvalue weighted by Crippen LogP contribution is 2.53. The van der Waals surface area contributed by atoms with Gasteiger partial charge in [-0.05, 0) is 60.9 Å². The number of aryl methyl sites for hydroxylation is 1. The van der Waals surface area contributed by atoms with E-state index in [2.05, 4.69) is 22.6 Å². The summed E-state index contributed by atoms with van der Waals surface area (Å²) >= 11 is 0. The van der Waals surface area contributed by atoms with Crippen LogP contribution in [0.5, 0.6) is 5.75 Å². The summed E-state index contributed by atoms with van der Waals surface area (Å²) in [5.74, 6) is 0.368. The molecule has 2 aliphatic rings. The number of carbonyl (C=O) groups is 2. The molecule has 2 aliphatic heterocycles. The number of aromatic nitrogens is 3. The molecule has 3 heterocycles. The molecule has 4 aromatic rings. The second kappa shape index (κ2) is 12.0. The highest BCUT2D eigenvalue weighted by molar-refractivity contribution is 6.07. The Labute approximate surface area is 250 Å². The van der Waals surface area contributed by atoms with E-state index in [4.69, 9.17) is 14.6 Å². The average molecular weight is 582 g/mol. The maximum absolute atomic E-state index is 14.3. The second-order valence-corrected chi connectivity index (χ2v) is 11.1. The van der Waals surface area contributed by atoms with Gasteiger partial charge < -0.3 is 24.8 Å². The molecule has 3 aromatic carbocycles. The van der Waals surface area contributed by atoms with Gasteiger partial charge in [0.2, 0.25) is 0 Å². The molecule has 1 aromatic heterocycles. The summed E-state index contributed by atoms with van der Waals surface area (Å²) in [7, 11) is 1.58. The number of nitrogens with one attached hydrogen (secondary N) is 1. The molecule has 0 bridgehead atoms. The van der Waals surface area contributed by atoms with E-state index in [1.165, 1.54) is 0 Å². The number of hydrogen-bond acceptors (Lipinski definition) is 7. The summed E-state index contributed by atoms with van der Waals surface area (Å²) in [4.78, 5) is 28.9. The van der Waals surface area contributed by atoms with Gasteiger partial charge in [-0.25, -0.2) is 0 Å². The van der Waals surface area contributed by atoms with Crippen LogP contribution in [0, 0.1) is 5.92 Å². The molecular weight excluding hydrogens is 546 g/mol. The van der Waals surface area contributed by atoms with Gasteiger partial charge in [-0.15, -0.1) is 5.10 Å². The number of hydrogen-bond donors (Lipinski definition) is 2. The molecule has 0 radical (unpaired) electrons. The molecule has 2 N–H and O–H groups in total. The molecule has 10 nitrogen and oxygen atoms in total. The number of rotatable bonds is 10. The van der Waals surface area contributed by atoms with Crippen molar-refractivity contribution in [2.24, 2.45) is 5.92 Å². The number of aliphatic hydroxyl groups is 1. The minimum atomic E-state index is -1.05. The molecule has 0 unspecified atom stereocenters. The number of para-hydroxylation sites is 1. The standard InChI is InChI=1S/C33H35N5O5/c1-22-18-28(14-16-37-21-26(15-17-39)35-36-37)43-33(22)29-8-3-4-9-30(29)38(32(33)41)20-23-6-5-7-25(19-23)34-31(40)24-10-12-27(42-2)13-11-24/h3-13,19,21-22,28,39H,14-18,20H2,1-2H3,(H,34,40)/t22-,28+,33+/m0/s1. The zero-order valence-electron chi connectivity index (χ0n) is 24.3. The van der Waals surface area contributed by atoms with Crippen LogP contribution in [-0.2, 0) is 34.6 Å². The van der Waals surface area contributed by atoms with Crippen molar-refractivity contribution in [3.05, 3.63) is 101 Å². The van der Waals surface area contributed by atoms with Gasteiger partial charge in [-0.1, -0.05) is 42.5 Å². The largest absolute Gasteiger partial charge is 0.497 e. The molecule has 43 heavy (non-hydrogen) atoms. The van der Waals surface area contributed by atoms with Gasteiger partial charge in [0, 0.05) is 48.5 Å². The normalized spacial score (nSPS) is 20.9. The van der Waals surface area contributed by atoms with E-state index in [9.17, 15) is 9.59 Å². The van der Waals surface area contributed by atoms with Crippen molar-refractivity contribution in [1.29, 1.82) is 0 Å². The van der Waals surface area contributed by atoms with Gasteiger partial charge >= 0.3 is 0 Å². The number of ether oxygens (including phenoxy) is 2. The fourth-order valence-electron chi connectivity index (χ4n) is 6.19. The first-order valence-electron chi connectivity index (χ1n) is 14.5. The van der Waals surface area contributed by atoms with Crippen LogP contribution in [0.1, 0.15) is 46.9 Å². The molecule has 10 heteroatoms. The lowest BCUT2D eigenvalue weighted by Gasteiger charge is -2.28. The molecule has 1 spiro atoms. The van der Waals surface area contributed by atoms with Crippen molar-refractivity contribution in [2.75, 3.05) is 23.9 Å². The fraction of sp³-hybridized carbons (Fsp3) is 0.333. The lowest BCUT2D eigenvalue weighted by Crippen LogP contribution is -2.43. The second-order valence-electron chi connectivity index (χ2n) is 11.1. The van der Waals surface area contributed by atoms with E-state index in [0.29, 0.717) is 42.9 Å². The smallest absolute Gasteiger partial charge is 0.264 e. The number of methoxy groups -OCH3 is 1. The monoisotopic (exact) mass is 581 g/mol. The van der Waals surface area contributed by atoms with Crippen molar-refractivity contribution >= 4 is 23.2 Å². The highest BCUT2D eigenvalue weighted by atomic mass is 16.5. The van der Waals surface area contributed by atoms with Crippen molar-refractivity contribution in [1.82, 2.24) is 15.0 Å². The number of amides is 2. The minimum absolute atomic E-state index is 0.0213. The van der Waals surface area contributed by atoms with E-state index < -0.39 is 5.60 Å². The van der Waals surface area contributed by atoms with E-state index >= 15 is 0 Å². The van der Waals surface area contributed by atoms with Gasteiger partial charge in [-0.3, -0.25) is 14.3 Å². The molecule has 1 saturated heterocycles. The summed E-state index contributed by atoms with van der Waals surface area (Å²) in [5.41, 5.74) is 3.50. The maximum atomic E-state index is 14.3. The summed E-state index contributed by atoms with van der Waals surface area (Å²) in [6, 6.07) is 22.3. The number of benzene rings is 3. The summed E-state index contributed by atoms with van der Waals surface area (Å²) < 4.78 is 13.6. The Bertz CT molecular complexity index is 1620. The molecule has 0 saturated carbocycles.